The van der Waals surface area contributed by atoms with Crippen molar-refractivity contribution in [2.24, 2.45) is 0 Å². The molecule has 5 nitrogen and oxygen atoms in total. The number of rotatable bonds is 4. The largest absolute Gasteiger partial charge is 0.343 e. The third-order valence-corrected chi connectivity index (χ3v) is 5.23. The first-order valence-electron chi connectivity index (χ1n) is 8.69. The average molecular weight is 350 g/mol. The maximum atomic E-state index is 12.3. The molecule has 1 N–H and O–H groups in total. The van der Waals surface area contributed by atoms with E-state index in [2.05, 4.69) is 10.2 Å². The van der Waals surface area contributed by atoms with Gasteiger partial charge < -0.3 is 10.2 Å². The Morgan fingerprint density at radius 2 is 1.83 bits per heavy atom. The number of carbonyl (C=O) groups is 2. The zero-order valence-corrected chi connectivity index (χ0v) is 14.6. The summed E-state index contributed by atoms with van der Waals surface area (Å²) in [4.78, 5) is 28.7. The molecule has 2 fully saturated rings. The highest BCUT2D eigenvalue weighted by atomic mass is 35.5. The van der Waals surface area contributed by atoms with E-state index in [1.165, 1.54) is 25.7 Å². The van der Waals surface area contributed by atoms with Gasteiger partial charge in [0.15, 0.2) is 0 Å². The third kappa shape index (κ3) is 4.28. The van der Waals surface area contributed by atoms with Crippen molar-refractivity contribution in [1.29, 1.82) is 0 Å². The first-order valence-corrected chi connectivity index (χ1v) is 9.07. The normalized spacial score (nSPS) is 19.5. The molecule has 2 aliphatic rings. The molecule has 1 saturated carbocycles. The van der Waals surface area contributed by atoms with Gasteiger partial charge in [-0.15, -0.1) is 0 Å². The van der Waals surface area contributed by atoms with Gasteiger partial charge in [0.05, 0.1) is 6.54 Å². The predicted molar refractivity (Wildman–Crippen MR) is 94.2 cm³/mol. The van der Waals surface area contributed by atoms with Gasteiger partial charge in [-0.1, -0.05) is 30.5 Å². The van der Waals surface area contributed by atoms with Crippen LogP contribution in [0.1, 0.15) is 36.0 Å². The average Bonchev–Trinajstić information content (AvgIpc) is 3.14. The van der Waals surface area contributed by atoms with Crippen LogP contribution in [0.5, 0.6) is 0 Å². The quantitative estimate of drug-likeness (QED) is 0.906. The number of piperazine rings is 1. The van der Waals surface area contributed by atoms with Crippen molar-refractivity contribution in [3.8, 4) is 0 Å². The lowest BCUT2D eigenvalue weighted by Gasteiger charge is -2.38. The number of nitrogens with one attached hydrogen (secondary N) is 1. The van der Waals surface area contributed by atoms with Gasteiger partial charge in [0.2, 0.25) is 5.91 Å². The van der Waals surface area contributed by atoms with Crippen molar-refractivity contribution in [1.82, 2.24) is 15.1 Å². The molecule has 1 aromatic rings. The monoisotopic (exact) mass is 349 g/mol. The molecule has 2 amide bonds. The van der Waals surface area contributed by atoms with Crippen molar-refractivity contribution in [3.05, 3.63) is 34.9 Å². The summed E-state index contributed by atoms with van der Waals surface area (Å²) in [6, 6.07) is 7.44. The molecule has 0 aromatic heterocycles. The lowest BCUT2D eigenvalue weighted by atomic mass is 10.2. The summed E-state index contributed by atoms with van der Waals surface area (Å²) in [5.41, 5.74) is 0.473. The van der Waals surface area contributed by atoms with Gasteiger partial charge in [-0.05, 0) is 31.0 Å². The molecule has 1 aromatic carbocycles. The van der Waals surface area contributed by atoms with Gasteiger partial charge in [0.1, 0.15) is 0 Å². The molecule has 0 atom stereocenters. The second kappa shape index (κ2) is 7.99. The van der Waals surface area contributed by atoms with E-state index in [9.17, 15) is 9.59 Å². The number of benzene rings is 1. The highest BCUT2D eigenvalue weighted by molar-refractivity contribution is 6.30. The Bertz CT molecular complexity index is 594. The van der Waals surface area contributed by atoms with Crippen molar-refractivity contribution in [2.75, 3.05) is 32.7 Å². The van der Waals surface area contributed by atoms with Gasteiger partial charge in [0, 0.05) is 42.8 Å². The van der Waals surface area contributed by atoms with Gasteiger partial charge in [0.25, 0.3) is 5.91 Å². The number of halogens is 1. The van der Waals surface area contributed by atoms with Crippen LogP contribution >= 0.6 is 11.6 Å². The van der Waals surface area contributed by atoms with E-state index in [1.807, 2.05) is 4.90 Å². The highest BCUT2D eigenvalue weighted by Gasteiger charge is 2.27. The molecule has 0 bridgehead atoms. The van der Waals surface area contributed by atoms with E-state index in [1.54, 1.807) is 24.3 Å². The molecule has 1 heterocycles. The Morgan fingerprint density at radius 3 is 2.50 bits per heavy atom. The molecule has 130 valence electrons. The number of carbonyl (C=O) groups excluding carboxylic acids is 2. The summed E-state index contributed by atoms with van der Waals surface area (Å²) in [7, 11) is 0. The van der Waals surface area contributed by atoms with Crippen LogP contribution in [-0.4, -0.2) is 60.4 Å². The van der Waals surface area contributed by atoms with E-state index in [-0.39, 0.29) is 18.4 Å². The summed E-state index contributed by atoms with van der Waals surface area (Å²) < 4.78 is 0. The first-order chi connectivity index (χ1) is 11.6. The van der Waals surface area contributed by atoms with Crippen molar-refractivity contribution in [2.45, 2.75) is 31.7 Å². The number of amides is 2. The number of hydrogen-bond donors (Lipinski definition) is 1. The zero-order chi connectivity index (χ0) is 16.9. The molecule has 1 aliphatic carbocycles. The second-order valence-electron chi connectivity index (χ2n) is 6.55. The molecule has 3 rings (SSSR count). The first kappa shape index (κ1) is 17.2. The lowest BCUT2D eigenvalue weighted by Crippen LogP contribution is -2.53. The topological polar surface area (TPSA) is 52.7 Å². The van der Waals surface area contributed by atoms with Crippen LogP contribution in [0.4, 0.5) is 0 Å². The summed E-state index contributed by atoms with van der Waals surface area (Å²) in [6.07, 6.45) is 5.26. The van der Waals surface area contributed by atoms with Crippen LogP contribution in [0.2, 0.25) is 5.02 Å². The summed E-state index contributed by atoms with van der Waals surface area (Å²) >= 11 is 5.88. The fourth-order valence-corrected chi connectivity index (χ4v) is 3.80. The van der Waals surface area contributed by atoms with Crippen LogP contribution in [-0.2, 0) is 4.79 Å². The van der Waals surface area contributed by atoms with Gasteiger partial charge in [-0.25, -0.2) is 0 Å². The van der Waals surface area contributed by atoms with Crippen LogP contribution in [0.3, 0.4) is 0 Å². The Hall–Kier alpha value is -1.59. The van der Waals surface area contributed by atoms with E-state index in [0.717, 1.165) is 26.2 Å². The third-order valence-electron chi connectivity index (χ3n) is 5.00. The van der Waals surface area contributed by atoms with Crippen molar-refractivity contribution in [3.63, 3.8) is 0 Å². The molecule has 24 heavy (non-hydrogen) atoms. The van der Waals surface area contributed by atoms with Crippen LogP contribution in [0, 0.1) is 0 Å². The van der Waals surface area contributed by atoms with E-state index >= 15 is 0 Å². The SMILES string of the molecule is O=C(NCC(=O)N1CCN(C2CCCC2)CC1)c1cccc(Cl)c1. The van der Waals surface area contributed by atoms with Gasteiger partial charge in [-0.2, -0.15) is 0 Å². The van der Waals surface area contributed by atoms with Crippen LogP contribution < -0.4 is 5.32 Å². The Morgan fingerprint density at radius 1 is 1.12 bits per heavy atom. The Kier molecular flexibility index (Phi) is 5.74. The van der Waals surface area contributed by atoms with Crippen molar-refractivity contribution < 1.29 is 9.59 Å². The van der Waals surface area contributed by atoms with E-state index in [0.29, 0.717) is 16.6 Å². The Labute approximate surface area is 147 Å². The number of nitrogens with zero attached hydrogens (tertiary/aromatic N) is 2. The zero-order valence-electron chi connectivity index (χ0n) is 13.8. The molecule has 6 heteroatoms. The fraction of sp³-hybridized carbons (Fsp3) is 0.556. The molecule has 0 radical (unpaired) electrons. The molecule has 1 aliphatic heterocycles. The molecule has 1 saturated heterocycles. The minimum atomic E-state index is -0.268. The number of hydrogen-bond acceptors (Lipinski definition) is 3. The smallest absolute Gasteiger partial charge is 0.251 e. The summed E-state index contributed by atoms with van der Waals surface area (Å²) in [5, 5.41) is 3.20. The maximum Gasteiger partial charge on any atom is 0.251 e. The summed E-state index contributed by atoms with van der Waals surface area (Å²) in [5.74, 6) is -0.285. The highest BCUT2D eigenvalue weighted by Crippen LogP contribution is 2.24. The van der Waals surface area contributed by atoms with E-state index < -0.39 is 0 Å². The lowest BCUT2D eigenvalue weighted by molar-refractivity contribution is -0.132. The van der Waals surface area contributed by atoms with Crippen molar-refractivity contribution >= 4 is 23.4 Å². The Balaban J connectivity index is 1.43. The van der Waals surface area contributed by atoms with E-state index in [4.69, 9.17) is 11.6 Å². The maximum absolute atomic E-state index is 12.3. The van der Waals surface area contributed by atoms with Crippen LogP contribution in [0.25, 0.3) is 0 Å². The van der Waals surface area contributed by atoms with Crippen LogP contribution in [0.15, 0.2) is 24.3 Å². The standard InChI is InChI=1S/C18H24ClN3O2/c19-15-5-3-4-14(12-15)18(24)20-13-17(23)22-10-8-21(9-11-22)16-6-1-2-7-16/h3-5,12,16H,1-2,6-11,13H2,(H,20,24). The minimum absolute atomic E-state index is 0.0172. The molecular weight excluding hydrogens is 326 g/mol. The predicted octanol–water partition coefficient (Wildman–Crippen LogP) is 2.16. The minimum Gasteiger partial charge on any atom is -0.343 e. The molecule has 0 spiro atoms. The van der Waals surface area contributed by atoms with Gasteiger partial charge >= 0.3 is 0 Å². The second-order valence-corrected chi connectivity index (χ2v) is 6.98. The fourth-order valence-electron chi connectivity index (χ4n) is 3.61. The van der Waals surface area contributed by atoms with Gasteiger partial charge in [-0.3, -0.25) is 14.5 Å². The molecular formula is C18H24ClN3O2. The summed E-state index contributed by atoms with van der Waals surface area (Å²) in [6.45, 7) is 3.43. The molecule has 0 unspecified atom stereocenters.